The zero-order valence-electron chi connectivity index (χ0n) is 14.4. The molecule has 2 saturated heterocycles. The number of anilines is 1. The number of aliphatic hydroxyl groups is 1. The van der Waals surface area contributed by atoms with Gasteiger partial charge >= 0.3 is 0 Å². The Morgan fingerprint density at radius 1 is 1.16 bits per heavy atom. The van der Waals surface area contributed by atoms with Gasteiger partial charge in [0.1, 0.15) is 11.6 Å². The number of benzene rings is 1. The Morgan fingerprint density at radius 2 is 2.04 bits per heavy atom. The Hall–Kier alpha value is -1.98. The lowest BCUT2D eigenvalue weighted by atomic mass is 9.89. The van der Waals surface area contributed by atoms with Crippen LogP contribution in [-0.4, -0.2) is 47.0 Å². The fourth-order valence-corrected chi connectivity index (χ4v) is 4.05. The van der Waals surface area contributed by atoms with Crippen LogP contribution in [0.3, 0.4) is 0 Å². The normalized spacial score (nSPS) is 26.8. The smallest absolute Gasteiger partial charge is 0.135 e. The van der Waals surface area contributed by atoms with Gasteiger partial charge in [-0.15, -0.1) is 0 Å². The van der Waals surface area contributed by atoms with Gasteiger partial charge in [-0.25, -0.2) is 9.97 Å². The van der Waals surface area contributed by atoms with Crippen LogP contribution in [0, 0.1) is 5.92 Å². The number of hydrogen-bond donors (Lipinski definition) is 1. The molecule has 4 rings (SSSR count). The van der Waals surface area contributed by atoms with E-state index in [0.717, 1.165) is 43.9 Å². The van der Waals surface area contributed by atoms with Gasteiger partial charge in [0.05, 0.1) is 12.7 Å². The van der Waals surface area contributed by atoms with E-state index in [-0.39, 0.29) is 12.0 Å². The van der Waals surface area contributed by atoms with Crippen molar-refractivity contribution < 1.29 is 9.84 Å². The average Bonchev–Trinajstić information content (AvgIpc) is 3.13. The molecular weight excluding hydrogens is 314 g/mol. The molecule has 1 aromatic heterocycles. The molecule has 2 aliphatic heterocycles. The molecule has 25 heavy (non-hydrogen) atoms. The average molecular weight is 339 g/mol. The fourth-order valence-electron chi connectivity index (χ4n) is 4.05. The largest absolute Gasteiger partial charge is 0.393 e. The van der Waals surface area contributed by atoms with Crippen LogP contribution in [0.4, 0.5) is 5.82 Å². The Balaban J connectivity index is 1.53. The first-order valence-electron chi connectivity index (χ1n) is 9.19. The fraction of sp³-hybridized carbons (Fsp3) is 0.500. The second-order valence-electron chi connectivity index (χ2n) is 6.99. The first kappa shape index (κ1) is 16.5. The van der Waals surface area contributed by atoms with E-state index in [9.17, 15) is 5.11 Å². The summed E-state index contributed by atoms with van der Waals surface area (Å²) in [6.45, 7) is 2.29. The topological polar surface area (TPSA) is 58.5 Å². The minimum atomic E-state index is -0.273. The van der Waals surface area contributed by atoms with E-state index in [1.54, 1.807) is 0 Å². The van der Waals surface area contributed by atoms with E-state index in [4.69, 9.17) is 9.72 Å². The molecule has 2 aliphatic rings. The molecular formula is C20H25N3O2. The molecule has 1 N–H and O–H groups in total. The summed E-state index contributed by atoms with van der Waals surface area (Å²) in [4.78, 5) is 11.6. The third-order valence-electron chi connectivity index (χ3n) is 5.35. The van der Waals surface area contributed by atoms with Crippen molar-refractivity contribution in [2.24, 2.45) is 5.92 Å². The molecule has 0 spiro atoms. The van der Waals surface area contributed by atoms with E-state index in [1.165, 1.54) is 5.56 Å². The third-order valence-corrected chi connectivity index (χ3v) is 5.35. The highest BCUT2D eigenvalue weighted by atomic mass is 16.5. The van der Waals surface area contributed by atoms with Gasteiger partial charge in [0.2, 0.25) is 0 Å². The number of hydrogen-bond acceptors (Lipinski definition) is 5. The second kappa shape index (κ2) is 7.50. The maximum Gasteiger partial charge on any atom is 0.135 e. The summed E-state index contributed by atoms with van der Waals surface area (Å²) < 4.78 is 5.63. The van der Waals surface area contributed by atoms with Crippen molar-refractivity contribution in [1.29, 1.82) is 0 Å². The highest BCUT2D eigenvalue weighted by molar-refractivity contribution is 5.41. The van der Waals surface area contributed by atoms with Crippen LogP contribution in [-0.2, 0) is 11.2 Å². The van der Waals surface area contributed by atoms with Crippen molar-refractivity contribution in [3.63, 3.8) is 0 Å². The summed E-state index contributed by atoms with van der Waals surface area (Å²) in [5.74, 6) is 1.99. The van der Waals surface area contributed by atoms with Gasteiger partial charge in [-0.1, -0.05) is 30.3 Å². The number of aliphatic hydroxyl groups excluding tert-OH is 1. The zero-order valence-corrected chi connectivity index (χ0v) is 14.4. The van der Waals surface area contributed by atoms with E-state index < -0.39 is 0 Å². The predicted octanol–water partition coefficient (Wildman–Crippen LogP) is 2.43. The Morgan fingerprint density at radius 3 is 2.88 bits per heavy atom. The number of rotatable bonds is 4. The van der Waals surface area contributed by atoms with Crippen LogP contribution in [0.1, 0.15) is 30.7 Å². The first-order valence-corrected chi connectivity index (χ1v) is 9.19. The van der Waals surface area contributed by atoms with Crippen LogP contribution < -0.4 is 4.90 Å². The van der Waals surface area contributed by atoms with Crippen molar-refractivity contribution in [1.82, 2.24) is 9.97 Å². The van der Waals surface area contributed by atoms with E-state index >= 15 is 0 Å². The second-order valence-corrected chi connectivity index (χ2v) is 6.99. The van der Waals surface area contributed by atoms with Gasteiger partial charge in [-0.2, -0.15) is 0 Å². The molecule has 0 aliphatic carbocycles. The quantitative estimate of drug-likeness (QED) is 0.927. The third kappa shape index (κ3) is 3.67. The molecule has 5 heteroatoms. The van der Waals surface area contributed by atoms with Gasteiger partial charge in [0.15, 0.2) is 0 Å². The summed E-state index contributed by atoms with van der Waals surface area (Å²) in [6, 6.07) is 12.6. The Labute approximate surface area is 148 Å². The van der Waals surface area contributed by atoms with Crippen molar-refractivity contribution in [2.45, 2.75) is 37.8 Å². The minimum absolute atomic E-state index is 0.170. The lowest BCUT2D eigenvalue weighted by Gasteiger charge is -2.37. The van der Waals surface area contributed by atoms with Crippen LogP contribution in [0.5, 0.6) is 0 Å². The molecule has 0 saturated carbocycles. The summed E-state index contributed by atoms with van der Waals surface area (Å²) in [7, 11) is 0. The molecule has 0 bridgehead atoms. The van der Waals surface area contributed by atoms with Crippen LogP contribution in [0.2, 0.25) is 0 Å². The summed E-state index contributed by atoms with van der Waals surface area (Å²) >= 11 is 0. The number of nitrogens with zero attached hydrogens (tertiary/aromatic N) is 3. The minimum Gasteiger partial charge on any atom is -0.393 e. The molecule has 0 radical (unpaired) electrons. The van der Waals surface area contributed by atoms with E-state index in [0.29, 0.717) is 19.3 Å². The Kier molecular flexibility index (Phi) is 4.95. The molecule has 5 nitrogen and oxygen atoms in total. The van der Waals surface area contributed by atoms with Crippen molar-refractivity contribution in [2.75, 3.05) is 24.7 Å². The molecule has 132 valence electrons. The maximum atomic E-state index is 10.4. The van der Waals surface area contributed by atoms with Crippen molar-refractivity contribution in [3.05, 3.63) is 54.0 Å². The molecule has 3 atom stereocenters. The van der Waals surface area contributed by atoms with E-state index in [1.807, 2.05) is 30.5 Å². The summed E-state index contributed by atoms with van der Waals surface area (Å²) in [6.07, 6.45) is 5.27. The zero-order chi connectivity index (χ0) is 17.1. The van der Waals surface area contributed by atoms with Crippen LogP contribution in [0.15, 0.2) is 42.6 Å². The molecule has 0 unspecified atom stereocenters. The van der Waals surface area contributed by atoms with Crippen molar-refractivity contribution in [3.8, 4) is 0 Å². The lowest BCUT2D eigenvalue weighted by Crippen LogP contribution is -2.46. The monoisotopic (exact) mass is 339 g/mol. The van der Waals surface area contributed by atoms with Gasteiger partial charge in [0.25, 0.3) is 0 Å². The molecule has 0 amide bonds. The number of ether oxygens (including phenoxy) is 1. The van der Waals surface area contributed by atoms with Gasteiger partial charge in [0, 0.05) is 37.7 Å². The summed E-state index contributed by atoms with van der Waals surface area (Å²) in [5, 5.41) is 10.4. The first-order chi connectivity index (χ1) is 12.3. The summed E-state index contributed by atoms with van der Waals surface area (Å²) in [5.41, 5.74) is 1.22. The van der Waals surface area contributed by atoms with Gasteiger partial charge < -0.3 is 14.7 Å². The lowest BCUT2D eigenvalue weighted by molar-refractivity contribution is -0.0438. The number of aromatic nitrogens is 2. The van der Waals surface area contributed by atoms with Gasteiger partial charge in [-0.3, -0.25) is 0 Å². The van der Waals surface area contributed by atoms with E-state index in [2.05, 4.69) is 22.0 Å². The maximum absolute atomic E-state index is 10.4. The standard InChI is InChI=1S/C20H25N3O2/c24-18-9-12-25-14-16(18)17-7-4-11-23(17)20-8-10-21-19(22-20)13-15-5-2-1-3-6-15/h1-3,5-6,8,10,16-18,24H,4,7,9,11-14H2/t16-,17-,18+/m0/s1. The molecule has 2 aromatic rings. The predicted molar refractivity (Wildman–Crippen MR) is 96.6 cm³/mol. The SMILES string of the molecule is O[C@@H]1CCOC[C@H]1[C@@H]1CCCN1c1ccnc(Cc2ccccc2)n1. The molecule has 2 fully saturated rings. The molecule has 1 aromatic carbocycles. The Bertz CT molecular complexity index is 694. The highest BCUT2D eigenvalue weighted by Crippen LogP contribution is 2.32. The molecule has 3 heterocycles. The highest BCUT2D eigenvalue weighted by Gasteiger charge is 2.38. The van der Waals surface area contributed by atoms with Crippen LogP contribution in [0.25, 0.3) is 0 Å². The van der Waals surface area contributed by atoms with Crippen molar-refractivity contribution >= 4 is 5.82 Å². The van der Waals surface area contributed by atoms with Crippen LogP contribution >= 0.6 is 0 Å². The van der Waals surface area contributed by atoms with Gasteiger partial charge in [-0.05, 0) is 30.9 Å².